The summed E-state index contributed by atoms with van der Waals surface area (Å²) in [5.74, 6) is -17.6. The van der Waals surface area contributed by atoms with Gasteiger partial charge in [-0.2, -0.15) is 30.7 Å². The van der Waals surface area contributed by atoms with Crippen LogP contribution in [0.25, 0.3) is 21.7 Å². The number of hydrogen-bond acceptors (Lipinski definition) is 4. The van der Waals surface area contributed by atoms with Crippen LogP contribution in [0, 0.1) is 49.4 Å². The van der Waals surface area contributed by atoms with Crippen molar-refractivity contribution in [1.82, 2.24) is 4.57 Å². The van der Waals surface area contributed by atoms with Gasteiger partial charge in [-0.3, -0.25) is 9.59 Å². The van der Waals surface area contributed by atoms with Crippen molar-refractivity contribution < 1.29 is 94.6 Å². The van der Waals surface area contributed by atoms with Crippen molar-refractivity contribution in [3.8, 4) is 5.75 Å². The number of halogens is 7. The average Bonchev–Trinajstić information content (AvgIpc) is 3.12. The van der Waals surface area contributed by atoms with Crippen molar-refractivity contribution >= 4 is 50.5 Å². The Bertz CT molecular complexity index is 2180. The van der Waals surface area contributed by atoms with Gasteiger partial charge < -0.3 is 14.2 Å². The van der Waals surface area contributed by atoms with Crippen LogP contribution in [0.15, 0.2) is 132 Å². The quantitative estimate of drug-likeness (QED) is 0.0761. The van der Waals surface area contributed by atoms with Gasteiger partial charge in [0.2, 0.25) is 5.78 Å². The molecule has 51 heavy (non-hydrogen) atoms. The molecule has 0 unspecified atom stereocenters. The van der Waals surface area contributed by atoms with E-state index in [1.165, 1.54) is 31.2 Å². The molecule has 0 aliphatic carbocycles. The predicted molar refractivity (Wildman–Crippen MR) is 179 cm³/mol. The molecule has 1 N–H and O–H groups in total. The van der Waals surface area contributed by atoms with Gasteiger partial charge in [0.25, 0.3) is 5.56 Å². The third-order valence-corrected chi connectivity index (χ3v) is 11.1. The number of aryl methyl sites for hydroxylation is 1. The molecular formula is C37H27EuF7NO4P. The van der Waals surface area contributed by atoms with Crippen LogP contribution in [-0.4, -0.2) is 33.5 Å². The van der Waals surface area contributed by atoms with E-state index in [-0.39, 0.29) is 72.2 Å². The van der Waals surface area contributed by atoms with Gasteiger partial charge in [-0.25, -0.2) is 0 Å². The Hall–Kier alpha value is -3.64. The summed E-state index contributed by atoms with van der Waals surface area (Å²) in [4.78, 5) is 24.7. The maximum absolute atomic E-state index is 14.0. The predicted octanol–water partition coefficient (Wildman–Crippen LogP) is 8.22. The largest absolute Gasteiger partial charge is 0.506 e. The fraction of sp³-hybridized carbons (Fsp3) is 0.135. The molecule has 6 aromatic rings. The summed E-state index contributed by atoms with van der Waals surface area (Å²) >= 11 is 0. The summed E-state index contributed by atoms with van der Waals surface area (Å²) in [6.45, 7) is 1.12. The van der Waals surface area contributed by atoms with Crippen LogP contribution in [0.5, 0.6) is 5.75 Å². The maximum Gasteiger partial charge on any atom is 0.460 e. The number of pyridine rings is 1. The second kappa shape index (κ2) is 15.5. The zero-order valence-electron chi connectivity index (χ0n) is 26.4. The van der Waals surface area contributed by atoms with E-state index in [0.717, 1.165) is 20.5 Å². The number of aromatic nitrogens is 1. The van der Waals surface area contributed by atoms with Crippen LogP contribution >= 0.6 is 7.14 Å². The molecule has 0 aliphatic rings. The molecule has 5 nitrogen and oxygen atoms in total. The van der Waals surface area contributed by atoms with Crippen molar-refractivity contribution in [3.63, 3.8) is 0 Å². The maximum atomic E-state index is 14.0. The molecule has 14 heteroatoms. The Balaban J connectivity index is 0.000000241. The first-order valence-electron chi connectivity index (χ1n) is 15.0. The fourth-order valence-corrected chi connectivity index (χ4v) is 8.23. The van der Waals surface area contributed by atoms with Crippen LogP contribution in [0.4, 0.5) is 30.7 Å². The van der Waals surface area contributed by atoms with E-state index in [1.807, 2.05) is 91.0 Å². The van der Waals surface area contributed by atoms with Gasteiger partial charge in [-0.1, -0.05) is 121 Å². The molecule has 0 amide bonds. The molecular weight excluding hydrogens is 838 g/mol. The van der Waals surface area contributed by atoms with Gasteiger partial charge in [-0.15, -0.1) is 0 Å². The molecule has 265 valence electrons. The number of hydrogen-bond donors (Lipinski definition) is 1. The molecule has 0 aliphatic heterocycles. The molecule has 0 saturated carbocycles. The Kier molecular flexibility index (Phi) is 12.2. The zero-order valence-corrected chi connectivity index (χ0v) is 29.7. The first kappa shape index (κ1) is 40.1. The number of carbonyl (C=O) groups is 1. The van der Waals surface area contributed by atoms with Gasteiger partial charge in [-0.05, 0) is 23.8 Å². The number of nitrogens with zero attached hydrogens (tertiary/aromatic N) is 1. The van der Waals surface area contributed by atoms with Crippen molar-refractivity contribution in [2.24, 2.45) is 0 Å². The monoisotopic (exact) mass is 866 g/mol. The van der Waals surface area contributed by atoms with Crippen LogP contribution < -0.4 is 21.5 Å². The topological polar surface area (TPSA) is 76.4 Å². The molecule has 0 atom stereocenters. The molecule has 0 bridgehead atoms. The minimum absolute atomic E-state index is 0. The average molecular weight is 866 g/mol. The number of rotatable bonds is 7. The van der Waals surface area contributed by atoms with Gasteiger partial charge in [0.1, 0.15) is 11.3 Å². The summed E-state index contributed by atoms with van der Waals surface area (Å²) in [7, 11) is -2.78. The molecule has 6 rings (SSSR count). The standard InChI is InChI=1S/C19H12F7NO3.C18H15OP.Eu/c1-2-27-11-8-7-9-5-3-4-6-10(9)12(11)14(28)13(16(27)30)15(29)17(20,21)18(22,23)19(24,25)26;19-20(16-10-4-1-5-11-16,17-12-6-2-7-13-17)18-14-8-3-9-15-18;/h3-8,28H,2H2,1H3;1-15H;. The van der Waals surface area contributed by atoms with E-state index in [9.17, 15) is 50.0 Å². The Labute approximate surface area is 327 Å². The van der Waals surface area contributed by atoms with E-state index in [0.29, 0.717) is 5.39 Å². The van der Waals surface area contributed by atoms with Gasteiger partial charge in [0.15, 0.2) is 7.14 Å². The second-order valence-electron chi connectivity index (χ2n) is 11.0. The number of fused-ring (bicyclic) bond motifs is 3. The minimum atomic E-state index is -6.77. The molecule has 1 radical (unpaired) electrons. The normalized spacial score (nSPS) is 12.2. The number of benzene rings is 5. The van der Waals surface area contributed by atoms with Gasteiger partial charge in [0, 0.05) is 77.2 Å². The van der Waals surface area contributed by atoms with Gasteiger partial charge >= 0.3 is 18.0 Å². The summed E-state index contributed by atoms with van der Waals surface area (Å²) in [5.41, 5.74) is -3.46. The molecule has 0 saturated heterocycles. The fourth-order valence-electron chi connectivity index (χ4n) is 5.56. The third kappa shape index (κ3) is 7.23. The minimum Gasteiger partial charge on any atom is -0.506 e. The van der Waals surface area contributed by atoms with E-state index >= 15 is 0 Å². The van der Waals surface area contributed by atoms with E-state index < -0.39 is 47.8 Å². The first-order chi connectivity index (χ1) is 23.6. The van der Waals surface area contributed by atoms with Crippen molar-refractivity contribution in [2.75, 3.05) is 0 Å². The Morgan fingerprint density at radius 3 is 1.55 bits per heavy atom. The molecule has 1 heterocycles. The third-order valence-electron chi connectivity index (χ3n) is 8.07. The summed E-state index contributed by atoms with van der Waals surface area (Å²) in [5, 5.41) is 13.4. The van der Waals surface area contributed by atoms with Crippen LogP contribution in [0.1, 0.15) is 17.3 Å². The molecule has 0 spiro atoms. The summed E-state index contributed by atoms with van der Waals surface area (Å²) in [6.07, 6.45) is -6.77. The zero-order chi connectivity index (χ0) is 36.5. The number of Topliss-reactive ketones (excluding diaryl/α,β-unsaturated/α-hetero) is 1. The molecule has 0 fully saturated rings. The van der Waals surface area contributed by atoms with E-state index in [4.69, 9.17) is 0 Å². The van der Waals surface area contributed by atoms with Crippen molar-refractivity contribution in [3.05, 3.63) is 143 Å². The number of aromatic hydroxyl groups is 1. The van der Waals surface area contributed by atoms with E-state index in [1.54, 1.807) is 12.1 Å². The van der Waals surface area contributed by atoms with Crippen LogP contribution in [0.3, 0.4) is 0 Å². The Morgan fingerprint density at radius 2 is 1.12 bits per heavy atom. The first-order valence-corrected chi connectivity index (χ1v) is 16.7. The molecule has 1 aromatic heterocycles. The number of carbonyl (C=O) groups excluding carboxylic acids is 1. The SMILES string of the molecule is CCn1c(=O)c(C(=O)C(F)(F)C(F)(F)C(F)(F)F)c(O)c2c3ccccc3ccc21.O=P(c1ccccc1)(c1ccccc1)c1ccccc1.[Eu]. The summed E-state index contributed by atoms with van der Waals surface area (Å²) < 4.78 is 107. The second-order valence-corrected chi connectivity index (χ2v) is 13.8. The Morgan fingerprint density at radius 1 is 0.686 bits per heavy atom. The van der Waals surface area contributed by atoms with Crippen LogP contribution in [0.2, 0.25) is 0 Å². The van der Waals surface area contributed by atoms with Crippen LogP contribution in [-0.2, 0) is 11.1 Å². The van der Waals surface area contributed by atoms with E-state index in [2.05, 4.69) is 0 Å². The van der Waals surface area contributed by atoms with Crippen molar-refractivity contribution in [1.29, 1.82) is 0 Å². The number of ketones is 1. The van der Waals surface area contributed by atoms with Gasteiger partial charge in [0.05, 0.1) is 5.52 Å². The molecule has 5 aromatic carbocycles. The smallest absolute Gasteiger partial charge is 0.460 e. The van der Waals surface area contributed by atoms with Crippen molar-refractivity contribution in [2.45, 2.75) is 31.5 Å². The summed E-state index contributed by atoms with van der Waals surface area (Å²) in [6, 6.07) is 38.0. The number of alkyl halides is 7.